The third-order valence-electron chi connectivity index (χ3n) is 7.69. The molecule has 4 rings (SSSR count). The van der Waals surface area contributed by atoms with Crippen molar-refractivity contribution in [1.29, 1.82) is 0 Å². The molecule has 7 nitrogen and oxygen atoms in total. The summed E-state index contributed by atoms with van der Waals surface area (Å²) in [4.78, 5) is 28.8. The van der Waals surface area contributed by atoms with Crippen molar-refractivity contribution in [3.05, 3.63) is 95.0 Å². The van der Waals surface area contributed by atoms with E-state index in [1.807, 2.05) is 0 Å². The first kappa shape index (κ1) is 33.3. The van der Waals surface area contributed by atoms with E-state index in [0.717, 1.165) is 44.2 Å². The summed E-state index contributed by atoms with van der Waals surface area (Å²) < 4.78 is 69.6. The van der Waals surface area contributed by atoms with Crippen LogP contribution in [0.25, 0.3) is 0 Å². The van der Waals surface area contributed by atoms with Crippen LogP contribution >= 0.6 is 11.6 Å². The molecule has 0 aromatic heterocycles. The number of rotatable bonds is 11. The lowest BCUT2D eigenvalue weighted by atomic mass is 9.95. The van der Waals surface area contributed by atoms with Crippen LogP contribution in [0.2, 0.25) is 5.02 Å². The van der Waals surface area contributed by atoms with Crippen molar-refractivity contribution in [3.8, 4) is 0 Å². The van der Waals surface area contributed by atoms with Gasteiger partial charge in [0.2, 0.25) is 11.8 Å². The predicted molar refractivity (Wildman–Crippen MR) is 164 cm³/mol. The fourth-order valence-corrected chi connectivity index (χ4v) is 7.07. The summed E-state index contributed by atoms with van der Waals surface area (Å²) in [6, 6.07) is 17.3. The Hall–Kier alpha value is -3.57. The molecule has 0 bridgehead atoms. The molecule has 0 radical (unpaired) electrons. The lowest BCUT2D eigenvalue weighted by Crippen LogP contribution is -2.54. The van der Waals surface area contributed by atoms with Crippen LogP contribution < -0.4 is 9.62 Å². The van der Waals surface area contributed by atoms with E-state index in [-0.39, 0.29) is 34.8 Å². The molecule has 236 valence electrons. The van der Waals surface area contributed by atoms with Crippen molar-refractivity contribution in [2.45, 2.75) is 75.1 Å². The van der Waals surface area contributed by atoms with E-state index < -0.39 is 45.9 Å². The number of sulfonamides is 1. The molecule has 1 atom stereocenters. The summed E-state index contributed by atoms with van der Waals surface area (Å²) in [5.74, 6) is -1.13. The Labute approximate surface area is 261 Å². The number of hydrogen-bond donors (Lipinski definition) is 1. The molecule has 3 aromatic rings. The number of carbonyl (C=O) groups is 2. The first-order valence-electron chi connectivity index (χ1n) is 14.5. The number of carbonyl (C=O) groups excluding carboxylic acids is 2. The Balaban J connectivity index is 1.76. The highest BCUT2D eigenvalue weighted by Crippen LogP contribution is 2.37. The van der Waals surface area contributed by atoms with Crippen molar-refractivity contribution < 1.29 is 31.2 Å². The van der Waals surface area contributed by atoms with E-state index in [1.54, 1.807) is 43.3 Å². The second-order valence-corrected chi connectivity index (χ2v) is 13.0. The fraction of sp³-hybridized carbons (Fsp3) is 0.375. The van der Waals surface area contributed by atoms with Crippen molar-refractivity contribution >= 4 is 39.1 Å². The summed E-state index contributed by atoms with van der Waals surface area (Å²) in [5.41, 5.74) is -0.936. The van der Waals surface area contributed by atoms with Crippen molar-refractivity contribution in [2.75, 3.05) is 10.8 Å². The number of nitrogens with zero attached hydrogens (tertiary/aromatic N) is 2. The molecule has 1 fully saturated rings. The SMILES string of the molecule is CC[C@H](C(=O)NC1CCCCC1)N(Cc1ccccc1)C(=O)CN(c1cc(C(F)(F)F)ccc1Cl)S(=O)(=O)c1ccccc1. The number of anilines is 1. The largest absolute Gasteiger partial charge is 0.416 e. The van der Waals surface area contributed by atoms with Gasteiger partial charge in [0.1, 0.15) is 12.6 Å². The molecule has 0 aliphatic heterocycles. The van der Waals surface area contributed by atoms with Gasteiger partial charge in [0.05, 0.1) is 21.2 Å². The fourth-order valence-electron chi connectivity index (χ4n) is 5.36. The maximum absolute atomic E-state index is 14.2. The van der Waals surface area contributed by atoms with Gasteiger partial charge in [-0.1, -0.05) is 86.3 Å². The van der Waals surface area contributed by atoms with Gasteiger partial charge in [0.25, 0.3) is 10.0 Å². The standard InChI is InChI=1S/C32H35ClF3N3O4S/c1-2-28(31(41)37-25-14-8-4-9-15-25)38(21-23-12-6-3-7-13-23)30(40)22-39(44(42,43)26-16-10-5-11-17-26)29-20-24(32(34,35)36)18-19-27(29)33/h3,5-7,10-13,16-20,25,28H,2,4,8-9,14-15,21-22H2,1H3,(H,37,41)/t28-/m1/s1. The van der Waals surface area contributed by atoms with E-state index >= 15 is 0 Å². The molecule has 1 aliphatic carbocycles. The molecule has 0 saturated heterocycles. The Morgan fingerprint density at radius 1 is 0.955 bits per heavy atom. The molecule has 44 heavy (non-hydrogen) atoms. The van der Waals surface area contributed by atoms with E-state index in [2.05, 4.69) is 5.32 Å². The Bertz CT molecular complexity index is 1530. The van der Waals surface area contributed by atoms with Gasteiger partial charge in [0, 0.05) is 12.6 Å². The van der Waals surface area contributed by atoms with Crippen LogP contribution in [0.4, 0.5) is 18.9 Å². The second kappa shape index (κ2) is 14.5. The molecule has 1 saturated carbocycles. The van der Waals surface area contributed by atoms with Crippen LogP contribution in [0.1, 0.15) is 56.6 Å². The van der Waals surface area contributed by atoms with E-state index in [1.165, 1.54) is 29.2 Å². The van der Waals surface area contributed by atoms with E-state index in [4.69, 9.17) is 11.6 Å². The first-order valence-corrected chi connectivity index (χ1v) is 16.3. The maximum atomic E-state index is 14.2. The quantitative estimate of drug-likeness (QED) is 0.247. The zero-order valence-electron chi connectivity index (χ0n) is 24.3. The molecular formula is C32H35ClF3N3O4S. The minimum absolute atomic E-state index is 0.0220. The van der Waals surface area contributed by atoms with E-state index in [0.29, 0.717) is 15.9 Å². The van der Waals surface area contributed by atoms with Gasteiger partial charge < -0.3 is 10.2 Å². The minimum Gasteiger partial charge on any atom is -0.352 e. The molecular weight excluding hydrogens is 615 g/mol. The zero-order valence-corrected chi connectivity index (χ0v) is 25.8. The summed E-state index contributed by atoms with van der Waals surface area (Å²) >= 11 is 6.31. The smallest absolute Gasteiger partial charge is 0.352 e. The zero-order chi connectivity index (χ0) is 31.9. The molecule has 12 heteroatoms. The normalized spacial score (nSPS) is 14.9. The number of hydrogen-bond acceptors (Lipinski definition) is 4. The van der Waals surface area contributed by atoms with Crippen molar-refractivity contribution in [2.24, 2.45) is 0 Å². The number of halogens is 4. The van der Waals surface area contributed by atoms with Gasteiger partial charge in [0.15, 0.2) is 0 Å². The number of nitrogens with one attached hydrogen (secondary N) is 1. The van der Waals surface area contributed by atoms with Crippen LogP contribution in [-0.2, 0) is 32.3 Å². The Kier molecular flexibility index (Phi) is 11.0. The first-order chi connectivity index (χ1) is 20.9. The van der Waals surface area contributed by atoms with Gasteiger partial charge in [-0.3, -0.25) is 13.9 Å². The Morgan fingerprint density at radius 2 is 1.57 bits per heavy atom. The average Bonchev–Trinajstić information content (AvgIpc) is 3.01. The van der Waals surface area contributed by atoms with Gasteiger partial charge in [-0.2, -0.15) is 13.2 Å². The van der Waals surface area contributed by atoms with Crippen LogP contribution in [0.5, 0.6) is 0 Å². The predicted octanol–water partition coefficient (Wildman–Crippen LogP) is 6.81. The van der Waals surface area contributed by atoms with Crippen molar-refractivity contribution in [3.63, 3.8) is 0 Å². The average molecular weight is 650 g/mol. The van der Waals surface area contributed by atoms with Crippen LogP contribution in [0.15, 0.2) is 83.8 Å². The van der Waals surface area contributed by atoms with Crippen LogP contribution in [-0.4, -0.2) is 43.8 Å². The lowest BCUT2D eigenvalue weighted by molar-refractivity contribution is -0.140. The minimum atomic E-state index is -4.80. The number of alkyl halides is 3. The molecule has 0 spiro atoms. The highest BCUT2D eigenvalue weighted by atomic mass is 35.5. The number of benzene rings is 3. The van der Waals surface area contributed by atoms with Crippen LogP contribution in [0, 0.1) is 0 Å². The third-order valence-corrected chi connectivity index (χ3v) is 9.78. The molecule has 1 N–H and O–H groups in total. The monoisotopic (exact) mass is 649 g/mol. The molecule has 2 amide bonds. The highest BCUT2D eigenvalue weighted by molar-refractivity contribution is 7.92. The summed E-state index contributed by atoms with van der Waals surface area (Å²) in [7, 11) is -4.58. The molecule has 0 unspecified atom stereocenters. The Morgan fingerprint density at radius 3 is 2.16 bits per heavy atom. The summed E-state index contributed by atoms with van der Waals surface area (Å²) in [6.07, 6.45) is 0.142. The molecule has 1 aliphatic rings. The molecule has 0 heterocycles. The van der Waals surface area contributed by atoms with E-state index in [9.17, 15) is 31.2 Å². The maximum Gasteiger partial charge on any atom is 0.416 e. The van der Waals surface area contributed by atoms with Gasteiger partial charge in [-0.25, -0.2) is 8.42 Å². The van der Waals surface area contributed by atoms with Gasteiger partial charge in [-0.05, 0) is 55.2 Å². The number of amides is 2. The summed E-state index contributed by atoms with van der Waals surface area (Å²) in [6.45, 7) is 0.836. The van der Waals surface area contributed by atoms with Gasteiger partial charge in [-0.15, -0.1) is 0 Å². The third kappa shape index (κ3) is 8.12. The van der Waals surface area contributed by atoms with Crippen LogP contribution in [0.3, 0.4) is 0 Å². The molecule has 3 aromatic carbocycles. The lowest BCUT2D eigenvalue weighted by Gasteiger charge is -2.34. The summed E-state index contributed by atoms with van der Waals surface area (Å²) in [5, 5.41) is 2.76. The van der Waals surface area contributed by atoms with Gasteiger partial charge >= 0.3 is 6.18 Å². The highest BCUT2D eigenvalue weighted by Gasteiger charge is 2.37. The second-order valence-electron chi connectivity index (χ2n) is 10.8. The van der Waals surface area contributed by atoms with Crippen molar-refractivity contribution in [1.82, 2.24) is 10.2 Å². The topological polar surface area (TPSA) is 86.8 Å².